The summed E-state index contributed by atoms with van der Waals surface area (Å²) < 4.78 is 1.91. The zero-order valence-corrected chi connectivity index (χ0v) is 10.4. The Morgan fingerprint density at radius 1 is 1.33 bits per heavy atom. The minimum atomic E-state index is 0.646. The van der Waals surface area contributed by atoms with E-state index in [4.69, 9.17) is 5.73 Å². The van der Waals surface area contributed by atoms with Crippen molar-refractivity contribution in [3.8, 4) is 11.3 Å². The summed E-state index contributed by atoms with van der Waals surface area (Å²) >= 11 is 0. The van der Waals surface area contributed by atoms with E-state index in [1.165, 1.54) is 5.39 Å². The predicted octanol–water partition coefficient (Wildman–Crippen LogP) is 2.07. The number of aromatic nitrogens is 3. The molecule has 0 fully saturated rings. The number of hydrogen-bond donors (Lipinski definition) is 2. The molecule has 0 spiro atoms. The molecule has 3 aromatic rings. The monoisotopic (exact) mass is 240 g/mol. The third kappa shape index (κ3) is 1.71. The van der Waals surface area contributed by atoms with E-state index in [1.807, 2.05) is 30.1 Å². The van der Waals surface area contributed by atoms with Crippen molar-refractivity contribution in [2.24, 2.45) is 12.8 Å². The summed E-state index contributed by atoms with van der Waals surface area (Å²) in [6.45, 7) is 0.646. The molecule has 0 atom stereocenters. The van der Waals surface area contributed by atoms with E-state index < -0.39 is 0 Å². The quantitative estimate of drug-likeness (QED) is 0.736. The predicted molar refractivity (Wildman–Crippen MR) is 73.3 cm³/mol. The lowest BCUT2D eigenvalue weighted by Crippen LogP contribution is -2.06. The molecule has 0 amide bonds. The Hall–Kier alpha value is -2.07. The van der Waals surface area contributed by atoms with Crippen molar-refractivity contribution in [1.29, 1.82) is 0 Å². The molecule has 0 unspecified atom stereocenters. The number of aryl methyl sites for hydroxylation is 1. The van der Waals surface area contributed by atoms with Crippen molar-refractivity contribution in [2.75, 3.05) is 6.54 Å². The minimum Gasteiger partial charge on any atom is -0.360 e. The van der Waals surface area contributed by atoms with Crippen LogP contribution in [0.3, 0.4) is 0 Å². The van der Waals surface area contributed by atoms with Crippen LogP contribution in [0.2, 0.25) is 0 Å². The van der Waals surface area contributed by atoms with Crippen molar-refractivity contribution in [3.05, 3.63) is 42.2 Å². The summed E-state index contributed by atoms with van der Waals surface area (Å²) in [5.74, 6) is 0. The summed E-state index contributed by atoms with van der Waals surface area (Å²) in [4.78, 5) is 3.27. The molecule has 2 aromatic heterocycles. The van der Waals surface area contributed by atoms with E-state index in [2.05, 4.69) is 28.3 Å². The number of benzene rings is 1. The van der Waals surface area contributed by atoms with E-state index >= 15 is 0 Å². The van der Waals surface area contributed by atoms with Gasteiger partial charge in [0.25, 0.3) is 0 Å². The van der Waals surface area contributed by atoms with E-state index in [0.29, 0.717) is 6.54 Å². The van der Waals surface area contributed by atoms with Crippen molar-refractivity contribution >= 4 is 10.9 Å². The number of fused-ring (bicyclic) bond motifs is 1. The maximum atomic E-state index is 5.60. The van der Waals surface area contributed by atoms with Gasteiger partial charge >= 0.3 is 0 Å². The van der Waals surface area contributed by atoms with E-state index in [-0.39, 0.29) is 0 Å². The number of H-pyrrole nitrogens is 1. The molecular weight excluding hydrogens is 224 g/mol. The van der Waals surface area contributed by atoms with Gasteiger partial charge in [-0.1, -0.05) is 18.2 Å². The van der Waals surface area contributed by atoms with Gasteiger partial charge in [-0.25, -0.2) is 0 Å². The van der Waals surface area contributed by atoms with Crippen molar-refractivity contribution in [1.82, 2.24) is 14.8 Å². The molecular formula is C14H16N4. The average Bonchev–Trinajstić information content (AvgIpc) is 2.94. The number of nitrogens with two attached hydrogens (primary N) is 1. The summed E-state index contributed by atoms with van der Waals surface area (Å²) in [5, 5.41) is 5.77. The van der Waals surface area contributed by atoms with Crippen LogP contribution >= 0.6 is 0 Å². The van der Waals surface area contributed by atoms with Gasteiger partial charge in [-0.2, -0.15) is 5.10 Å². The van der Waals surface area contributed by atoms with Gasteiger partial charge in [-0.3, -0.25) is 4.68 Å². The van der Waals surface area contributed by atoms with Crippen LogP contribution in [0, 0.1) is 0 Å². The molecule has 18 heavy (non-hydrogen) atoms. The number of rotatable bonds is 3. The third-order valence-electron chi connectivity index (χ3n) is 3.24. The maximum absolute atomic E-state index is 5.60. The van der Waals surface area contributed by atoms with Crippen LogP contribution in [0.15, 0.2) is 36.5 Å². The molecule has 2 heterocycles. The molecule has 0 aliphatic carbocycles. The Morgan fingerprint density at radius 3 is 3.00 bits per heavy atom. The third-order valence-corrected chi connectivity index (χ3v) is 3.24. The van der Waals surface area contributed by atoms with Gasteiger partial charge in [0.15, 0.2) is 0 Å². The second-order valence-corrected chi connectivity index (χ2v) is 4.43. The Balaban J connectivity index is 2.11. The average molecular weight is 240 g/mol. The van der Waals surface area contributed by atoms with Gasteiger partial charge in [-0.05, 0) is 18.7 Å². The van der Waals surface area contributed by atoms with Crippen LogP contribution in [-0.4, -0.2) is 21.3 Å². The Bertz CT molecular complexity index is 678. The molecule has 92 valence electrons. The second-order valence-electron chi connectivity index (χ2n) is 4.43. The topological polar surface area (TPSA) is 59.6 Å². The molecule has 0 aliphatic heterocycles. The summed E-state index contributed by atoms with van der Waals surface area (Å²) in [6.07, 6.45) is 2.87. The smallest absolute Gasteiger partial charge is 0.0947 e. The Morgan fingerprint density at radius 2 is 2.17 bits per heavy atom. The number of hydrogen-bond acceptors (Lipinski definition) is 2. The van der Waals surface area contributed by atoms with Gasteiger partial charge in [0.1, 0.15) is 0 Å². The molecule has 0 aliphatic rings. The molecule has 4 heteroatoms. The molecule has 0 radical (unpaired) electrons. The van der Waals surface area contributed by atoms with Gasteiger partial charge in [-0.15, -0.1) is 0 Å². The van der Waals surface area contributed by atoms with Gasteiger partial charge < -0.3 is 10.7 Å². The van der Waals surface area contributed by atoms with Crippen molar-refractivity contribution in [3.63, 3.8) is 0 Å². The Kier molecular flexibility index (Phi) is 2.64. The lowest BCUT2D eigenvalue weighted by molar-refractivity contribution is 0.708. The highest BCUT2D eigenvalue weighted by Crippen LogP contribution is 2.27. The fourth-order valence-electron chi connectivity index (χ4n) is 2.30. The van der Waals surface area contributed by atoms with E-state index in [1.54, 1.807) is 0 Å². The number of aromatic amines is 1. The standard InChI is InChI=1S/C14H16N4/c1-18-10(6-7-15)8-14(17-18)12-9-16-13-5-3-2-4-11(12)13/h2-5,8-9,16H,6-7,15H2,1H3. The first-order valence-corrected chi connectivity index (χ1v) is 6.09. The van der Waals surface area contributed by atoms with Crippen molar-refractivity contribution in [2.45, 2.75) is 6.42 Å². The zero-order valence-electron chi connectivity index (χ0n) is 10.4. The largest absolute Gasteiger partial charge is 0.360 e. The molecule has 3 rings (SSSR count). The normalized spacial score (nSPS) is 11.2. The van der Waals surface area contributed by atoms with Crippen LogP contribution in [0.25, 0.3) is 22.2 Å². The Labute approximate surface area is 105 Å². The summed E-state index contributed by atoms with van der Waals surface area (Å²) in [7, 11) is 1.96. The molecule has 1 aromatic carbocycles. The minimum absolute atomic E-state index is 0.646. The zero-order chi connectivity index (χ0) is 12.5. The number of para-hydroxylation sites is 1. The van der Waals surface area contributed by atoms with Crippen LogP contribution in [0.5, 0.6) is 0 Å². The SMILES string of the molecule is Cn1nc(-c2c[nH]c3ccccc23)cc1CCN. The summed E-state index contributed by atoms with van der Waals surface area (Å²) in [6, 6.07) is 10.4. The molecule has 4 nitrogen and oxygen atoms in total. The number of nitrogens with zero attached hydrogens (tertiary/aromatic N) is 2. The molecule has 3 N–H and O–H groups in total. The van der Waals surface area contributed by atoms with Gasteiger partial charge in [0.2, 0.25) is 0 Å². The van der Waals surface area contributed by atoms with E-state index in [9.17, 15) is 0 Å². The first-order valence-electron chi connectivity index (χ1n) is 6.09. The van der Waals surface area contributed by atoms with Crippen LogP contribution in [-0.2, 0) is 13.5 Å². The highest BCUT2D eigenvalue weighted by atomic mass is 15.3. The first-order chi connectivity index (χ1) is 8.79. The lowest BCUT2D eigenvalue weighted by atomic mass is 10.1. The second kappa shape index (κ2) is 4.31. The highest BCUT2D eigenvalue weighted by molar-refractivity contribution is 5.94. The van der Waals surface area contributed by atoms with Gasteiger partial charge in [0, 0.05) is 41.8 Å². The fourth-order valence-corrected chi connectivity index (χ4v) is 2.30. The summed E-state index contributed by atoms with van der Waals surface area (Å²) in [5.41, 5.74) is 10.0. The van der Waals surface area contributed by atoms with Crippen LogP contribution in [0.4, 0.5) is 0 Å². The fraction of sp³-hybridized carbons (Fsp3) is 0.214. The van der Waals surface area contributed by atoms with E-state index in [0.717, 1.165) is 28.9 Å². The van der Waals surface area contributed by atoms with Crippen LogP contribution in [0.1, 0.15) is 5.69 Å². The highest BCUT2D eigenvalue weighted by Gasteiger charge is 2.10. The van der Waals surface area contributed by atoms with Crippen molar-refractivity contribution < 1.29 is 0 Å². The molecule has 0 saturated heterocycles. The molecule has 0 bridgehead atoms. The van der Waals surface area contributed by atoms with Crippen LogP contribution < -0.4 is 5.73 Å². The molecule has 0 saturated carbocycles. The first kappa shape index (κ1) is 11.0. The lowest BCUT2D eigenvalue weighted by Gasteiger charge is -1.96. The van der Waals surface area contributed by atoms with Gasteiger partial charge in [0.05, 0.1) is 5.69 Å². The number of nitrogens with one attached hydrogen (secondary N) is 1. The maximum Gasteiger partial charge on any atom is 0.0947 e.